The normalized spacial score (nSPS) is 20.4. The smallest absolute Gasteiger partial charge is 0.200 e. The molecule has 0 aromatic heterocycles. The molecule has 4 N–H and O–H groups in total. The van der Waals surface area contributed by atoms with Gasteiger partial charge in [0.05, 0.1) is 0 Å². The summed E-state index contributed by atoms with van der Waals surface area (Å²) >= 11 is 0. The second-order valence-electron chi connectivity index (χ2n) is 5.79. The number of aromatic hydroxyl groups is 3. The Morgan fingerprint density at radius 1 is 1.00 bits per heavy atom. The van der Waals surface area contributed by atoms with Crippen molar-refractivity contribution in [1.29, 1.82) is 0 Å². The van der Waals surface area contributed by atoms with Crippen molar-refractivity contribution in [2.24, 2.45) is 5.92 Å². The van der Waals surface area contributed by atoms with Crippen LogP contribution in [0.1, 0.15) is 30.9 Å². The molecule has 0 bridgehead atoms. The zero-order chi connectivity index (χ0) is 14.1. The van der Waals surface area contributed by atoms with Crippen LogP contribution in [0.25, 0.3) is 0 Å². The molecule has 1 saturated heterocycles. The van der Waals surface area contributed by atoms with Crippen LogP contribution in [0.3, 0.4) is 0 Å². The summed E-state index contributed by atoms with van der Waals surface area (Å²) in [6.45, 7) is 3.80. The Labute approximate surface area is 143 Å². The summed E-state index contributed by atoms with van der Waals surface area (Å²) in [4.78, 5) is 2.38. The predicted molar refractivity (Wildman–Crippen MR) is 90.5 cm³/mol. The molecule has 0 unspecified atom stereocenters. The number of nitrogens with one attached hydrogen (secondary N) is 1. The molecule has 5 nitrogen and oxygen atoms in total. The fraction of sp³-hybridized carbons (Fsp3) is 0.600. The molecule has 1 aliphatic heterocycles. The van der Waals surface area contributed by atoms with Gasteiger partial charge in [-0.2, -0.15) is 0 Å². The highest BCUT2D eigenvalue weighted by molar-refractivity contribution is 5.85. The highest BCUT2D eigenvalue weighted by Crippen LogP contribution is 2.48. The molecule has 1 aromatic rings. The van der Waals surface area contributed by atoms with E-state index >= 15 is 0 Å². The SMILES string of the molecule is Cl.Cl.Oc1ccc([C@@H](C2CCC2)N2CCNCC2)c(O)c1O. The third-order valence-electron chi connectivity index (χ3n) is 4.62. The summed E-state index contributed by atoms with van der Waals surface area (Å²) in [6, 6.07) is 3.35. The monoisotopic (exact) mass is 350 g/mol. The van der Waals surface area contributed by atoms with Crippen molar-refractivity contribution in [3.05, 3.63) is 17.7 Å². The zero-order valence-electron chi connectivity index (χ0n) is 12.4. The van der Waals surface area contributed by atoms with Crippen LogP contribution in [-0.4, -0.2) is 46.4 Å². The van der Waals surface area contributed by atoms with Crippen LogP contribution in [0.15, 0.2) is 12.1 Å². The van der Waals surface area contributed by atoms with E-state index < -0.39 is 5.75 Å². The van der Waals surface area contributed by atoms with Gasteiger partial charge in [-0.1, -0.05) is 6.42 Å². The van der Waals surface area contributed by atoms with Gasteiger partial charge in [-0.3, -0.25) is 4.90 Å². The molecule has 1 aromatic carbocycles. The lowest BCUT2D eigenvalue weighted by molar-refractivity contribution is 0.0816. The number of halogens is 2. The predicted octanol–water partition coefficient (Wildman–Crippen LogP) is 2.39. The summed E-state index contributed by atoms with van der Waals surface area (Å²) in [5.41, 5.74) is 0.743. The van der Waals surface area contributed by atoms with E-state index in [0.717, 1.165) is 44.6 Å². The Morgan fingerprint density at radius 3 is 2.18 bits per heavy atom. The molecule has 1 saturated carbocycles. The van der Waals surface area contributed by atoms with Gasteiger partial charge < -0.3 is 20.6 Å². The van der Waals surface area contributed by atoms with Gasteiger partial charge in [-0.25, -0.2) is 0 Å². The second kappa shape index (κ2) is 8.11. The number of piperazine rings is 1. The van der Waals surface area contributed by atoms with Gasteiger partial charge >= 0.3 is 0 Å². The minimum Gasteiger partial charge on any atom is -0.504 e. The lowest BCUT2D eigenvalue weighted by Gasteiger charge is -2.43. The quantitative estimate of drug-likeness (QED) is 0.629. The fourth-order valence-corrected chi connectivity index (χ4v) is 3.29. The van der Waals surface area contributed by atoms with E-state index in [1.165, 1.54) is 12.5 Å². The zero-order valence-corrected chi connectivity index (χ0v) is 14.0. The van der Waals surface area contributed by atoms with Crippen LogP contribution in [-0.2, 0) is 0 Å². The molecule has 2 fully saturated rings. The molecular weight excluding hydrogens is 327 g/mol. The first kappa shape index (κ1) is 19.2. The van der Waals surface area contributed by atoms with Gasteiger partial charge in [-0.05, 0) is 30.9 Å². The molecule has 126 valence electrons. The Bertz CT molecular complexity index is 492. The molecule has 1 heterocycles. The Hall–Kier alpha value is -0.880. The summed E-state index contributed by atoms with van der Waals surface area (Å²) < 4.78 is 0. The fourth-order valence-electron chi connectivity index (χ4n) is 3.29. The third kappa shape index (κ3) is 3.54. The molecule has 2 aliphatic rings. The molecule has 0 spiro atoms. The average molecular weight is 351 g/mol. The second-order valence-corrected chi connectivity index (χ2v) is 5.79. The van der Waals surface area contributed by atoms with Crippen molar-refractivity contribution in [2.45, 2.75) is 25.3 Å². The summed E-state index contributed by atoms with van der Waals surface area (Å²) in [6.07, 6.45) is 3.56. The van der Waals surface area contributed by atoms with Crippen LogP contribution in [0.2, 0.25) is 0 Å². The summed E-state index contributed by atoms with van der Waals surface area (Å²) in [5, 5.41) is 32.8. The van der Waals surface area contributed by atoms with Crippen molar-refractivity contribution in [2.75, 3.05) is 26.2 Å². The van der Waals surface area contributed by atoms with E-state index in [9.17, 15) is 15.3 Å². The van der Waals surface area contributed by atoms with E-state index in [4.69, 9.17) is 0 Å². The van der Waals surface area contributed by atoms with Crippen LogP contribution in [0.5, 0.6) is 17.2 Å². The third-order valence-corrected chi connectivity index (χ3v) is 4.62. The number of benzene rings is 1. The largest absolute Gasteiger partial charge is 0.504 e. The van der Waals surface area contributed by atoms with E-state index in [-0.39, 0.29) is 42.4 Å². The number of hydrogen-bond acceptors (Lipinski definition) is 5. The summed E-state index contributed by atoms with van der Waals surface area (Å²) in [5.74, 6) is -0.302. The average Bonchev–Trinajstić information content (AvgIpc) is 2.42. The Kier molecular flexibility index (Phi) is 7.06. The van der Waals surface area contributed by atoms with Crippen molar-refractivity contribution in [3.63, 3.8) is 0 Å². The molecule has 1 aliphatic carbocycles. The number of phenols is 3. The van der Waals surface area contributed by atoms with Crippen LogP contribution >= 0.6 is 24.8 Å². The highest BCUT2D eigenvalue weighted by atomic mass is 35.5. The van der Waals surface area contributed by atoms with Gasteiger partial charge in [0.2, 0.25) is 5.75 Å². The molecule has 0 radical (unpaired) electrons. The molecular formula is C15H24Cl2N2O3. The maximum Gasteiger partial charge on any atom is 0.200 e. The first-order chi connectivity index (χ1) is 9.68. The minimum absolute atomic E-state index is 0. The lowest BCUT2D eigenvalue weighted by Crippen LogP contribution is -2.47. The van der Waals surface area contributed by atoms with Crippen molar-refractivity contribution in [1.82, 2.24) is 10.2 Å². The van der Waals surface area contributed by atoms with E-state index in [0.29, 0.717) is 5.92 Å². The van der Waals surface area contributed by atoms with Crippen LogP contribution in [0.4, 0.5) is 0 Å². The van der Waals surface area contributed by atoms with Gasteiger partial charge in [0.15, 0.2) is 11.5 Å². The molecule has 3 rings (SSSR count). The van der Waals surface area contributed by atoms with E-state index in [2.05, 4.69) is 10.2 Å². The molecule has 0 amide bonds. The van der Waals surface area contributed by atoms with E-state index in [1.807, 2.05) is 0 Å². The van der Waals surface area contributed by atoms with Crippen LogP contribution < -0.4 is 5.32 Å². The van der Waals surface area contributed by atoms with Gasteiger partial charge in [0.25, 0.3) is 0 Å². The van der Waals surface area contributed by atoms with Gasteiger partial charge in [-0.15, -0.1) is 24.8 Å². The topological polar surface area (TPSA) is 76.0 Å². The van der Waals surface area contributed by atoms with Crippen molar-refractivity contribution >= 4 is 24.8 Å². The Morgan fingerprint density at radius 2 is 1.64 bits per heavy atom. The first-order valence-corrected chi connectivity index (χ1v) is 7.37. The van der Waals surface area contributed by atoms with Crippen molar-refractivity contribution in [3.8, 4) is 17.2 Å². The minimum atomic E-state index is -0.401. The maximum atomic E-state index is 10.2. The van der Waals surface area contributed by atoms with Crippen molar-refractivity contribution < 1.29 is 15.3 Å². The maximum absolute atomic E-state index is 10.2. The number of hydrogen-bond donors (Lipinski definition) is 4. The number of nitrogens with zero attached hydrogens (tertiary/aromatic N) is 1. The van der Waals surface area contributed by atoms with E-state index in [1.54, 1.807) is 6.07 Å². The molecule has 7 heteroatoms. The first-order valence-electron chi connectivity index (χ1n) is 7.37. The standard InChI is InChI=1S/C15H22N2O3.2ClH/c18-12-5-4-11(14(19)15(12)20)13(10-2-1-3-10)17-8-6-16-7-9-17;;/h4-5,10,13,16,18-20H,1-3,6-9H2;2*1H/t13-;;/m1../s1. The number of phenolic OH excluding ortho intramolecular Hbond substituents is 3. The van der Waals surface area contributed by atoms with Gasteiger partial charge in [0, 0.05) is 37.8 Å². The molecule has 22 heavy (non-hydrogen) atoms. The summed E-state index contributed by atoms with van der Waals surface area (Å²) in [7, 11) is 0. The van der Waals surface area contributed by atoms with Crippen LogP contribution in [0, 0.1) is 5.92 Å². The lowest BCUT2D eigenvalue weighted by atomic mass is 9.76. The van der Waals surface area contributed by atoms with Gasteiger partial charge in [0.1, 0.15) is 0 Å². The number of rotatable bonds is 3. The highest BCUT2D eigenvalue weighted by Gasteiger charge is 2.35. The Balaban J connectivity index is 0.00000121. The molecule has 1 atom stereocenters.